The summed E-state index contributed by atoms with van der Waals surface area (Å²) >= 11 is 0. The van der Waals surface area contributed by atoms with Crippen LogP contribution >= 0.6 is 0 Å². The van der Waals surface area contributed by atoms with Crippen LogP contribution in [0.2, 0.25) is 0 Å². The highest BCUT2D eigenvalue weighted by atomic mass is 16.3. The second-order valence-electron chi connectivity index (χ2n) is 21.6. The van der Waals surface area contributed by atoms with Gasteiger partial charge in [0, 0.05) is 92.4 Å². The second-order valence-corrected chi connectivity index (χ2v) is 21.6. The van der Waals surface area contributed by atoms with E-state index < -0.39 is 23.7 Å². The molecule has 8 bridgehead atoms. The average Bonchev–Trinajstić information content (AvgIpc) is 2.11. The van der Waals surface area contributed by atoms with E-state index in [1.54, 1.807) is 24.3 Å². The summed E-state index contributed by atoms with van der Waals surface area (Å²) in [6, 6.07) is 82.5. The maximum absolute atomic E-state index is 12.5. The largest absolute Gasteiger partial charge is 0.507 e. The maximum Gasteiger partial charge on any atom is 0.123 e. The van der Waals surface area contributed by atoms with Gasteiger partial charge in [0.25, 0.3) is 0 Å². The molecule has 84 heavy (non-hydrogen) atoms. The molecular formula is C76H56O8. The molecule has 8 N–H and O–H groups in total. The van der Waals surface area contributed by atoms with Crippen molar-refractivity contribution >= 4 is 0 Å². The third-order valence-corrected chi connectivity index (χ3v) is 16.6. The van der Waals surface area contributed by atoms with Crippen molar-refractivity contribution < 1.29 is 40.9 Å². The summed E-state index contributed by atoms with van der Waals surface area (Å²) in [7, 11) is 0. The number of hydrogen-bond acceptors (Lipinski definition) is 8. The van der Waals surface area contributed by atoms with Gasteiger partial charge in [-0.15, -0.1) is 0 Å². The molecule has 0 saturated carbocycles. The number of benzene rings is 12. The quantitative estimate of drug-likeness (QED) is 0.0746. The molecule has 1 aliphatic carbocycles. The van der Waals surface area contributed by atoms with Crippen molar-refractivity contribution in [2.24, 2.45) is 0 Å². The smallest absolute Gasteiger partial charge is 0.123 e. The van der Waals surface area contributed by atoms with E-state index in [0.717, 1.165) is 44.5 Å². The Bertz CT molecular complexity index is 3690. The molecule has 0 unspecified atom stereocenters. The van der Waals surface area contributed by atoms with Gasteiger partial charge >= 0.3 is 0 Å². The lowest BCUT2D eigenvalue weighted by Gasteiger charge is -2.30. The molecule has 0 saturated heterocycles. The monoisotopic (exact) mass is 1100 g/mol. The molecule has 8 heteroatoms. The third kappa shape index (κ3) is 9.75. The van der Waals surface area contributed by atoms with Crippen LogP contribution in [0.3, 0.4) is 0 Å². The zero-order chi connectivity index (χ0) is 57.6. The number of aromatic hydroxyl groups is 8. The maximum atomic E-state index is 12.5. The van der Waals surface area contributed by atoms with Crippen LogP contribution in [-0.4, -0.2) is 40.9 Å². The molecule has 12 aromatic carbocycles. The molecule has 0 heterocycles. The predicted molar refractivity (Wildman–Crippen MR) is 330 cm³/mol. The van der Waals surface area contributed by atoms with Crippen LogP contribution in [0.1, 0.15) is 90.4 Å². The van der Waals surface area contributed by atoms with Crippen LogP contribution in [0, 0.1) is 0 Å². The summed E-state index contributed by atoms with van der Waals surface area (Å²) in [4.78, 5) is 0. The second kappa shape index (κ2) is 21.8. The Kier molecular flexibility index (Phi) is 13.6. The lowest BCUT2D eigenvalue weighted by molar-refractivity contribution is 0.431. The highest BCUT2D eigenvalue weighted by Crippen LogP contribution is 2.54. The van der Waals surface area contributed by atoms with E-state index in [0.29, 0.717) is 22.3 Å². The lowest BCUT2D eigenvalue weighted by atomic mass is 9.75. The molecular weight excluding hydrogens is 1040 g/mol. The Morgan fingerprint density at radius 3 is 0.452 bits per heavy atom. The summed E-state index contributed by atoms with van der Waals surface area (Å²) in [5, 5.41) is 99.6. The number of phenolic OH excluding ortho intramolecular Hbond substituents is 8. The first-order valence-corrected chi connectivity index (χ1v) is 27.8. The third-order valence-electron chi connectivity index (χ3n) is 16.6. The average molecular weight is 1100 g/mol. The summed E-state index contributed by atoms with van der Waals surface area (Å²) in [6.45, 7) is 0. The first-order valence-electron chi connectivity index (χ1n) is 27.8. The van der Waals surface area contributed by atoms with Crippen LogP contribution in [-0.2, 0) is 0 Å². The number of fused-ring (bicyclic) bond motifs is 8. The first kappa shape index (κ1) is 52.4. The molecule has 0 amide bonds. The number of rotatable bonds is 8. The zero-order valence-electron chi connectivity index (χ0n) is 45.3. The molecule has 0 aliphatic heterocycles. The van der Waals surface area contributed by atoms with Crippen molar-refractivity contribution in [3.05, 3.63) is 334 Å². The van der Waals surface area contributed by atoms with Crippen molar-refractivity contribution in [2.75, 3.05) is 0 Å². The van der Waals surface area contributed by atoms with Gasteiger partial charge in [-0.25, -0.2) is 0 Å². The van der Waals surface area contributed by atoms with Crippen LogP contribution < -0.4 is 0 Å². The van der Waals surface area contributed by atoms with Gasteiger partial charge in [0.05, 0.1) is 0 Å². The molecule has 0 aromatic heterocycles. The normalized spacial score (nSPS) is 15.5. The van der Waals surface area contributed by atoms with Crippen molar-refractivity contribution in [1.29, 1.82) is 0 Å². The molecule has 13 rings (SSSR count). The van der Waals surface area contributed by atoms with Gasteiger partial charge in [-0.1, -0.05) is 218 Å². The molecule has 8 nitrogen and oxygen atoms in total. The van der Waals surface area contributed by atoms with Crippen LogP contribution in [0.15, 0.2) is 267 Å². The predicted octanol–water partition coefficient (Wildman–Crippen LogP) is 17.0. The summed E-state index contributed by atoms with van der Waals surface area (Å²) in [6.07, 6.45) is 0. The fourth-order valence-corrected chi connectivity index (χ4v) is 12.4. The minimum atomic E-state index is -1.00. The fourth-order valence-electron chi connectivity index (χ4n) is 12.4. The highest BCUT2D eigenvalue weighted by Gasteiger charge is 2.35. The van der Waals surface area contributed by atoms with Crippen LogP contribution in [0.4, 0.5) is 0 Å². The van der Waals surface area contributed by atoms with Crippen molar-refractivity contribution in [2.45, 2.75) is 23.7 Å². The highest BCUT2D eigenvalue weighted by molar-refractivity contribution is 5.72. The van der Waals surface area contributed by atoms with Gasteiger partial charge in [-0.05, 0) is 91.0 Å². The standard InChI is InChI=1S/C76H56O8/c77-65-41-67(79)59-37-57(65)73(53-29-21-49(22-30-53)45-13-5-1-6-14-45)58-38-60(68(80)42-66(58)78)75(55-33-25-51(26-34-55)47-17-9-3-10-18-47)62-40-64(72(84)44-70(62)82)76(56-35-27-52(28-36-56)48-19-11-4-12-20-48)63-39-61(69(81)43-71(63)83)74(59)54-31-23-50(24-32-54)46-15-7-2-8-16-46/h1-44,73-84H. The van der Waals surface area contributed by atoms with Gasteiger partial charge in [0.2, 0.25) is 0 Å². The molecule has 0 radical (unpaired) electrons. The number of phenols is 8. The Balaban J connectivity index is 1.12. The van der Waals surface area contributed by atoms with Gasteiger partial charge in [-0.2, -0.15) is 0 Å². The number of hydrogen-bond donors (Lipinski definition) is 8. The minimum Gasteiger partial charge on any atom is -0.507 e. The van der Waals surface area contributed by atoms with Gasteiger partial charge in [0.1, 0.15) is 46.0 Å². The summed E-state index contributed by atoms with van der Waals surface area (Å²) < 4.78 is 0. The van der Waals surface area contributed by atoms with E-state index in [1.807, 2.05) is 218 Å². The van der Waals surface area contributed by atoms with E-state index in [9.17, 15) is 40.9 Å². The topological polar surface area (TPSA) is 162 Å². The van der Waals surface area contributed by atoms with E-state index in [1.165, 1.54) is 24.3 Å². The molecule has 0 fully saturated rings. The summed E-state index contributed by atoms with van der Waals surface area (Å²) in [5.74, 6) is -6.41. The van der Waals surface area contributed by atoms with Crippen molar-refractivity contribution in [3.63, 3.8) is 0 Å². The SMILES string of the molecule is Oc1cc(O)c2cc1C(c1ccc(-c3ccccc3)cc1)c1cc(c(O)cc1O)C(c1ccc(-c3ccccc3)cc1)c1cc(c(O)cc1O)C(c1ccc(-c3ccccc3)cc1)c1cc(c(O)cc1O)C2c1ccc(-c2ccccc2)cc1. The van der Waals surface area contributed by atoms with Crippen LogP contribution in [0.5, 0.6) is 46.0 Å². The molecule has 12 aromatic rings. The van der Waals surface area contributed by atoms with E-state index in [-0.39, 0.29) is 90.5 Å². The Morgan fingerprint density at radius 2 is 0.298 bits per heavy atom. The fraction of sp³-hybridized carbons (Fsp3) is 0.0526. The molecule has 0 atom stereocenters. The molecule has 1 aliphatic rings. The van der Waals surface area contributed by atoms with Crippen molar-refractivity contribution in [1.82, 2.24) is 0 Å². The lowest BCUT2D eigenvalue weighted by Crippen LogP contribution is -2.13. The Labute approximate surface area is 486 Å². The van der Waals surface area contributed by atoms with Gasteiger partial charge < -0.3 is 40.9 Å². The van der Waals surface area contributed by atoms with Crippen LogP contribution in [0.25, 0.3) is 44.5 Å². The van der Waals surface area contributed by atoms with Gasteiger partial charge in [-0.3, -0.25) is 0 Å². The Hall–Kier alpha value is -11.0. The first-order chi connectivity index (χ1) is 40.9. The van der Waals surface area contributed by atoms with E-state index in [4.69, 9.17) is 0 Å². The van der Waals surface area contributed by atoms with Gasteiger partial charge in [0.15, 0.2) is 0 Å². The Morgan fingerprint density at radius 1 is 0.155 bits per heavy atom. The van der Waals surface area contributed by atoms with Crippen molar-refractivity contribution in [3.8, 4) is 90.5 Å². The molecule has 408 valence electrons. The zero-order valence-corrected chi connectivity index (χ0v) is 45.3. The van der Waals surface area contributed by atoms with E-state index >= 15 is 0 Å². The minimum absolute atomic E-state index is 0.272. The molecule has 0 spiro atoms. The van der Waals surface area contributed by atoms with E-state index in [2.05, 4.69) is 0 Å². The summed E-state index contributed by atoms with van der Waals surface area (Å²) in [5.41, 5.74) is 12.3.